The molecule has 0 heterocycles. The van der Waals surface area contributed by atoms with E-state index in [1.165, 1.54) is 30.5 Å². The van der Waals surface area contributed by atoms with Gasteiger partial charge >= 0.3 is 0 Å². The van der Waals surface area contributed by atoms with E-state index >= 15 is 0 Å². The summed E-state index contributed by atoms with van der Waals surface area (Å²) in [6, 6.07) is 11.7. The van der Waals surface area contributed by atoms with Crippen LogP contribution in [0, 0.1) is 0 Å². The van der Waals surface area contributed by atoms with Crippen LogP contribution in [-0.4, -0.2) is 8.11 Å². The van der Waals surface area contributed by atoms with E-state index in [0.29, 0.717) is 0 Å². The molecular weight excluding hydrogens is 220 g/mol. The van der Waals surface area contributed by atoms with Crippen LogP contribution in [-0.2, 0) is 0 Å². The molecule has 0 aliphatic carbocycles. The summed E-state index contributed by atoms with van der Waals surface area (Å²) in [6.07, 6.45) is 6.95. The fourth-order valence-corrected chi connectivity index (χ4v) is 4.14. The first-order valence-corrected chi connectivity index (χ1v) is 8.78. The SMILES string of the molecule is C=CCCCCC[SiH](Cl)c1ccccc1. The molecule has 1 aromatic rings. The number of allylic oxidation sites excluding steroid dienone is 1. The zero-order valence-corrected chi connectivity index (χ0v) is 11.1. The van der Waals surface area contributed by atoms with E-state index in [-0.39, 0.29) is 0 Å². The Balaban J connectivity index is 2.19. The third-order valence-corrected chi connectivity index (χ3v) is 5.96. The largest absolute Gasteiger partial charge is 0.171 e. The Bertz CT molecular complexity index is 271. The first kappa shape index (κ1) is 12.5. The average Bonchev–Trinajstić information content (AvgIpc) is 2.30. The minimum atomic E-state index is -1.17. The highest BCUT2D eigenvalue weighted by Crippen LogP contribution is 2.09. The van der Waals surface area contributed by atoms with Gasteiger partial charge in [-0.05, 0) is 24.1 Å². The monoisotopic (exact) mass is 238 g/mol. The van der Waals surface area contributed by atoms with Crippen molar-refractivity contribution >= 4 is 24.4 Å². The normalized spacial score (nSPS) is 12.3. The smallest absolute Gasteiger partial charge is 0.166 e. The molecule has 0 aliphatic rings. The Labute approximate surface area is 99.3 Å². The predicted molar refractivity (Wildman–Crippen MR) is 72.6 cm³/mol. The molecule has 1 unspecified atom stereocenters. The number of hydrogen-bond donors (Lipinski definition) is 0. The molecule has 0 spiro atoms. The number of rotatable bonds is 7. The van der Waals surface area contributed by atoms with E-state index in [4.69, 9.17) is 11.1 Å². The second-order valence-corrected chi connectivity index (χ2v) is 7.56. The van der Waals surface area contributed by atoms with Gasteiger partial charge in [-0.15, -0.1) is 6.58 Å². The fourth-order valence-electron chi connectivity index (χ4n) is 1.62. The van der Waals surface area contributed by atoms with E-state index in [1.54, 1.807) is 0 Å². The van der Waals surface area contributed by atoms with Crippen LogP contribution in [0.15, 0.2) is 43.0 Å². The number of halogens is 1. The van der Waals surface area contributed by atoms with Crippen LogP contribution in [0.2, 0.25) is 6.04 Å². The summed E-state index contributed by atoms with van der Waals surface area (Å²) in [5, 5.41) is 1.38. The molecule has 0 saturated heterocycles. The van der Waals surface area contributed by atoms with Crippen molar-refractivity contribution in [3.8, 4) is 0 Å². The van der Waals surface area contributed by atoms with Crippen LogP contribution in [0.1, 0.15) is 25.7 Å². The van der Waals surface area contributed by atoms with Crippen LogP contribution in [0.4, 0.5) is 0 Å². The quantitative estimate of drug-likeness (QED) is 0.295. The van der Waals surface area contributed by atoms with E-state index in [1.807, 2.05) is 12.1 Å². The van der Waals surface area contributed by atoms with Crippen LogP contribution in [0.5, 0.6) is 0 Å². The summed E-state index contributed by atoms with van der Waals surface area (Å²) >= 11 is 6.44. The van der Waals surface area contributed by atoms with E-state index in [0.717, 1.165) is 6.42 Å². The molecule has 0 aliphatic heterocycles. The zero-order valence-electron chi connectivity index (χ0n) is 9.16. The van der Waals surface area contributed by atoms with Crippen molar-refractivity contribution in [2.45, 2.75) is 31.7 Å². The summed E-state index contributed by atoms with van der Waals surface area (Å²) in [4.78, 5) is 0. The summed E-state index contributed by atoms with van der Waals surface area (Å²) in [6.45, 7) is 3.72. The number of unbranched alkanes of at least 4 members (excludes halogenated alkanes) is 3. The standard InChI is InChI=1S/C13H19ClSi/c1-2-3-4-5-9-12-15(14)13-10-7-6-8-11-13/h2,6-8,10-11,15H,1,3-5,9,12H2. The van der Waals surface area contributed by atoms with Crippen molar-refractivity contribution in [3.63, 3.8) is 0 Å². The molecule has 0 fully saturated rings. The summed E-state index contributed by atoms with van der Waals surface area (Å²) in [5.74, 6) is 0. The maximum atomic E-state index is 6.44. The molecule has 0 bridgehead atoms. The van der Waals surface area contributed by atoms with Crippen LogP contribution in [0.25, 0.3) is 0 Å². The lowest BCUT2D eigenvalue weighted by Crippen LogP contribution is -2.23. The minimum Gasteiger partial charge on any atom is -0.166 e. The van der Waals surface area contributed by atoms with Crippen LogP contribution < -0.4 is 5.19 Å². The van der Waals surface area contributed by atoms with Gasteiger partial charge in [0.25, 0.3) is 0 Å². The van der Waals surface area contributed by atoms with Gasteiger partial charge in [0.1, 0.15) is 0 Å². The lowest BCUT2D eigenvalue weighted by Gasteiger charge is -2.07. The first-order valence-electron chi connectivity index (χ1n) is 5.64. The molecule has 1 rings (SSSR count). The van der Waals surface area contributed by atoms with Gasteiger partial charge < -0.3 is 0 Å². The van der Waals surface area contributed by atoms with Gasteiger partial charge in [0.05, 0.1) is 0 Å². The summed E-state index contributed by atoms with van der Waals surface area (Å²) in [7, 11) is -1.17. The van der Waals surface area contributed by atoms with Crippen LogP contribution in [0.3, 0.4) is 0 Å². The van der Waals surface area contributed by atoms with E-state index in [2.05, 4.69) is 30.8 Å². The highest BCUT2D eigenvalue weighted by atomic mass is 35.6. The van der Waals surface area contributed by atoms with Crippen molar-refractivity contribution in [2.75, 3.05) is 0 Å². The Kier molecular flexibility index (Phi) is 6.45. The van der Waals surface area contributed by atoms with E-state index < -0.39 is 8.11 Å². The van der Waals surface area contributed by atoms with Crippen molar-refractivity contribution in [1.29, 1.82) is 0 Å². The minimum absolute atomic E-state index is 1.14. The van der Waals surface area contributed by atoms with Gasteiger partial charge in [0.2, 0.25) is 0 Å². The second-order valence-electron chi connectivity index (χ2n) is 3.80. The lowest BCUT2D eigenvalue weighted by molar-refractivity contribution is 0.727. The van der Waals surface area contributed by atoms with Crippen molar-refractivity contribution in [3.05, 3.63) is 43.0 Å². The van der Waals surface area contributed by atoms with Gasteiger partial charge in [-0.3, -0.25) is 0 Å². The molecule has 0 aromatic heterocycles. The Morgan fingerprint density at radius 3 is 2.53 bits per heavy atom. The fraction of sp³-hybridized carbons (Fsp3) is 0.385. The van der Waals surface area contributed by atoms with Gasteiger partial charge in [-0.2, -0.15) is 11.1 Å². The Hall–Kier alpha value is -0.533. The average molecular weight is 239 g/mol. The zero-order chi connectivity index (χ0) is 10.9. The second kappa shape index (κ2) is 7.72. The molecular formula is C13H19ClSi. The summed E-state index contributed by atoms with van der Waals surface area (Å²) < 4.78 is 0. The predicted octanol–water partition coefficient (Wildman–Crippen LogP) is 3.60. The highest BCUT2D eigenvalue weighted by molar-refractivity contribution is 7.14. The molecule has 2 heteroatoms. The third kappa shape index (κ3) is 5.19. The third-order valence-electron chi connectivity index (χ3n) is 2.53. The molecule has 0 saturated carbocycles. The molecule has 1 atom stereocenters. The van der Waals surface area contributed by atoms with Crippen molar-refractivity contribution in [2.24, 2.45) is 0 Å². The molecule has 1 aromatic carbocycles. The van der Waals surface area contributed by atoms with E-state index in [9.17, 15) is 0 Å². The first-order chi connectivity index (χ1) is 7.34. The maximum Gasteiger partial charge on any atom is 0.171 e. The van der Waals surface area contributed by atoms with Gasteiger partial charge in [0, 0.05) is 0 Å². The molecule has 82 valence electrons. The van der Waals surface area contributed by atoms with Gasteiger partial charge in [-0.1, -0.05) is 49.2 Å². The number of hydrogen-bond acceptors (Lipinski definition) is 0. The Morgan fingerprint density at radius 2 is 1.87 bits per heavy atom. The van der Waals surface area contributed by atoms with Crippen molar-refractivity contribution < 1.29 is 0 Å². The Morgan fingerprint density at radius 1 is 1.13 bits per heavy atom. The summed E-state index contributed by atoms with van der Waals surface area (Å²) in [5.41, 5.74) is 0. The lowest BCUT2D eigenvalue weighted by atomic mass is 10.2. The highest BCUT2D eigenvalue weighted by Gasteiger charge is 2.08. The molecule has 0 radical (unpaired) electrons. The maximum absolute atomic E-state index is 6.44. The topological polar surface area (TPSA) is 0 Å². The molecule has 15 heavy (non-hydrogen) atoms. The van der Waals surface area contributed by atoms with Gasteiger partial charge in [0.15, 0.2) is 8.11 Å². The number of benzene rings is 1. The molecule has 0 N–H and O–H groups in total. The van der Waals surface area contributed by atoms with Gasteiger partial charge in [-0.25, -0.2) is 0 Å². The van der Waals surface area contributed by atoms with Crippen LogP contribution >= 0.6 is 11.1 Å². The molecule has 0 amide bonds. The molecule has 0 nitrogen and oxygen atoms in total. The van der Waals surface area contributed by atoms with Crippen molar-refractivity contribution in [1.82, 2.24) is 0 Å².